The lowest BCUT2D eigenvalue weighted by molar-refractivity contribution is 0.294. The first kappa shape index (κ1) is 13.6. The molecule has 2 aromatic rings. The maximum atomic E-state index is 5.89. The third-order valence-electron chi connectivity index (χ3n) is 2.98. The van der Waals surface area contributed by atoms with Crippen molar-refractivity contribution in [3.8, 4) is 5.88 Å². The summed E-state index contributed by atoms with van der Waals surface area (Å²) in [5.41, 5.74) is 8.18. The predicted octanol–water partition coefficient (Wildman–Crippen LogP) is 3.11. The van der Waals surface area contributed by atoms with Gasteiger partial charge in [-0.25, -0.2) is 4.98 Å². The molecule has 0 spiro atoms. The Kier molecular flexibility index (Phi) is 4.93. The van der Waals surface area contributed by atoms with Crippen LogP contribution in [0.1, 0.15) is 30.5 Å². The number of pyridine rings is 1. The summed E-state index contributed by atoms with van der Waals surface area (Å²) in [5.74, 6) is 0.658. The molecule has 19 heavy (non-hydrogen) atoms. The first-order valence-corrected chi connectivity index (χ1v) is 6.64. The van der Waals surface area contributed by atoms with Crippen LogP contribution in [-0.4, -0.2) is 11.6 Å². The average molecular weight is 256 g/mol. The van der Waals surface area contributed by atoms with Crippen LogP contribution >= 0.6 is 0 Å². The van der Waals surface area contributed by atoms with Gasteiger partial charge < -0.3 is 10.5 Å². The van der Waals surface area contributed by atoms with Crippen LogP contribution in [0.3, 0.4) is 0 Å². The van der Waals surface area contributed by atoms with Crippen molar-refractivity contribution in [2.45, 2.75) is 25.8 Å². The molecule has 100 valence electrons. The van der Waals surface area contributed by atoms with Crippen LogP contribution in [-0.2, 0) is 6.42 Å². The number of aryl methyl sites for hydroxylation is 1. The zero-order chi connectivity index (χ0) is 13.5. The van der Waals surface area contributed by atoms with E-state index in [9.17, 15) is 0 Å². The minimum absolute atomic E-state index is 0.0576. The fourth-order valence-corrected chi connectivity index (χ4v) is 1.96. The minimum atomic E-state index is -0.0576. The molecule has 0 radical (unpaired) electrons. The predicted molar refractivity (Wildman–Crippen MR) is 77.1 cm³/mol. The van der Waals surface area contributed by atoms with Gasteiger partial charge in [0.1, 0.15) is 0 Å². The first-order chi connectivity index (χ1) is 9.27. The summed E-state index contributed by atoms with van der Waals surface area (Å²) in [6.45, 7) is 2.60. The van der Waals surface area contributed by atoms with E-state index in [4.69, 9.17) is 10.5 Å². The van der Waals surface area contributed by atoms with E-state index in [1.165, 1.54) is 5.56 Å². The van der Waals surface area contributed by atoms with Gasteiger partial charge in [0.2, 0.25) is 5.88 Å². The lowest BCUT2D eigenvalue weighted by Gasteiger charge is -2.12. The van der Waals surface area contributed by atoms with Crippen LogP contribution in [0.5, 0.6) is 5.88 Å². The average Bonchev–Trinajstić information content (AvgIpc) is 2.45. The van der Waals surface area contributed by atoms with Crippen molar-refractivity contribution in [2.24, 2.45) is 5.73 Å². The van der Waals surface area contributed by atoms with Gasteiger partial charge in [-0.3, -0.25) is 0 Å². The summed E-state index contributed by atoms with van der Waals surface area (Å²) in [5, 5.41) is 0. The second-order valence-electron chi connectivity index (χ2n) is 4.62. The van der Waals surface area contributed by atoms with E-state index < -0.39 is 0 Å². The topological polar surface area (TPSA) is 48.1 Å². The molecular formula is C16H20N2O. The Bertz CT molecular complexity index is 497. The molecule has 0 amide bonds. The van der Waals surface area contributed by atoms with Crippen molar-refractivity contribution >= 4 is 0 Å². The minimum Gasteiger partial charge on any atom is -0.477 e. The van der Waals surface area contributed by atoms with Gasteiger partial charge in [-0.15, -0.1) is 0 Å². The Hall–Kier alpha value is -1.87. The monoisotopic (exact) mass is 256 g/mol. The Morgan fingerprint density at radius 2 is 1.95 bits per heavy atom. The zero-order valence-electron chi connectivity index (χ0n) is 11.3. The van der Waals surface area contributed by atoms with E-state index in [-0.39, 0.29) is 6.04 Å². The van der Waals surface area contributed by atoms with Gasteiger partial charge in [-0.1, -0.05) is 36.4 Å². The van der Waals surface area contributed by atoms with E-state index in [1.54, 1.807) is 6.20 Å². The highest BCUT2D eigenvalue weighted by atomic mass is 16.5. The Labute approximate surface area is 114 Å². The molecule has 1 aromatic carbocycles. The van der Waals surface area contributed by atoms with E-state index >= 15 is 0 Å². The molecule has 3 nitrogen and oxygen atoms in total. The Morgan fingerprint density at radius 1 is 1.16 bits per heavy atom. The summed E-state index contributed by atoms with van der Waals surface area (Å²) < 4.78 is 5.73. The summed E-state index contributed by atoms with van der Waals surface area (Å²) >= 11 is 0. The maximum absolute atomic E-state index is 5.89. The molecule has 0 saturated carbocycles. The number of hydrogen-bond acceptors (Lipinski definition) is 3. The quantitative estimate of drug-likeness (QED) is 0.808. The van der Waals surface area contributed by atoms with Crippen molar-refractivity contribution in [3.63, 3.8) is 0 Å². The summed E-state index contributed by atoms with van der Waals surface area (Å²) in [4.78, 5) is 4.24. The molecule has 0 unspecified atom stereocenters. The van der Waals surface area contributed by atoms with Crippen LogP contribution in [0.25, 0.3) is 0 Å². The van der Waals surface area contributed by atoms with Gasteiger partial charge in [0, 0.05) is 17.8 Å². The van der Waals surface area contributed by atoms with Crippen LogP contribution < -0.4 is 10.5 Å². The van der Waals surface area contributed by atoms with Crippen LogP contribution in [0.15, 0.2) is 48.7 Å². The fourth-order valence-electron chi connectivity index (χ4n) is 1.96. The molecule has 1 aromatic heterocycles. The molecule has 0 bridgehead atoms. The molecule has 2 N–H and O–H groups in total. The Balaban J connectivity index is 1.83. The summed E-state index contributed by atoms with van der Waals surface area (Å²) in [7, 11) is 0. The number of nitrogens with two attached hydrogens (primary N) is 1. The van der Waals surface area contributed by atoms with Crippen molar-refractivity contribution in [2.75, 3.05) is 6.61 Å². The highest BCUT2D eigenvalue weighted by Crippen LogP contribution is 2.20. The van der Waals surface area contributed by atoms with Gasteiger partial charge in [0.15, 0.2) is 0 Å². The Morgan fingerprint density at radius 3 is 2.68 bits per heavy atom. The molecule has 1 atom stereocenters. The molecule has 1 heterocycles. The van der Waals surface area contributed by atoms with Crippen molar-refractivity contribution in [1.82, 2.24) is 4.98 Å². The number of rotatable bonds is 6. The first-order valence-electron chi connectivity index (χ1n) is 6.64. The van der Waals surface area contributed by atoms with Crippen molar-refractivity contribution < 1.29 is 4.74 Å². The molecule has 0 aliphatic rings. The van der Waals surface area contributed by atoms with Gasteiger partial charge in [0.25, 0.3) is 0 Å². The van der Waals surface area contributed by atoms with E-state index in [2.05, 4.69) is 29.2 Å². The SMILES string of the molecule is C[C@H](N)c1cccnc1OCCCc1ccccc1. The number of nitrogens with zero attached hydrogens (tertiary/aromatic N) is 1. The van der Waals surface area contributed by atoms with Crippen molar-refractivity contribution in [3.05, 3.63) is 59.8 Å². The number of aromatic nitrogens is 1. The van der Waals surface area contributed by atoms with Crippen LogP contribution in [0, 0.1) is 0 Å². The lowest BCUT2D eigenvalue weighted by Crippen LogP contribution is -2.10. The molecule has 0 aliphatic carbocycles. The molecular weight excluding hydrogens is 236 g/mol. The summed E-state index contributed by atoms with van der Waals surface area (Å²) in [6.07, 6.45) is 3.72. The smallest absolute Gasteiger partial charge is 0.218 e. The van der Waals surface area contributed by atoms with Gasteiger partial charge >= 0.3 is 0 Å². The number of hydrogen-bond donors (Lipinski definition) is 1. The van der Waals surface area contributed by atoms with Gasteiger partial charge in [-0.05, 0) is 31.4 Å². The van der Waals surface area contributed by atoms with Crippen molar-refractivity contribution in [1.29, 1.82) is 0 Å². The normalized spacial score (nSPS) is 12.1. The standard InChI is InChI=1S/C16H20N2O/c1-13(17)15-10-5-11-18-16(15)19-12-6-9-14-7-3-2-4-8-14/h2-5,7-8,10-11,13H,6,9,12,17H2,1H3/t13-/m0/s1. The van der Waals surface area contributed by atoms with E-state index in [0.29, 0.717) is 12.5 Å². The highest BCUT2D eigenvalue weighted by molar-refractivity contribution is 5.28. The zero-order valence-corrected chi connectivity index (χ0v) is 11.3. The van der Waals surface area contributed by atoms with E-state index in [0.717, 1.165) is 18.4 Å². The fraction of sp³-hybridized carbons (Fsp3) is 0.312. The highest BCUT2D eigenvalue weighted by Gasteiger charge is 2.08. The lowest BCUT2D eigenvalue weighted by atomic mass is 10.1. The van der Waals surface area contributed by atoms with Crippen LogP contribution in [0.4, 0.5) is 0 Å². The third kappa shape index (κ3) is 4.07. The van der Waals surface area contributed by atoms with E-state index in [1.807, 2.05) is 25.1 Å². The number of benzene rings is 1. The summed E-state index contributed by atoms with van der Waals surface area (Å²) in [6, 6.07) is 14.2. The van der Waals surface area contributed by atoms with Crippen LogP contribution in [0.2, 0.25) is 0 Å². The molecule has 0 saturated heterocycles. The number of ether oxygens (including phenoxy) is 1. The molecule has 0 fully saturated rings. The third-order valence-corrected chi connectivity index (χ3v) is 2.98. The molecule has 2 rings (SSSR count). The maximum Gasteiger partial charge on any atom is 0.218 e. The van der Waals surface area contributed by atoms with Gasteiger partial charge in [0.05, 0.1) is 6.61 Å². The second kappa shape index (κ2) is 6.90. The largest absolute Gasteiger partial charge is 0.477 e. The van der Waals surface area contributed by atoms with Gasteiger partial charge in [-0.2, -0.15) is 0 Å². The second-order valence-corrected chi connectivity index (χ2v) is 4.62. The molecule has 3 heteroatoms. The molecule has 0 aliphatic heterocycles.